The molecule has 0 aliphatic heterocycles. The molecule has 0 spiro atoms. The van der Waals surface area contributed by atoms with Crippen molar-refractivity contribution in [2.45, 2.75) is 20.3 Å². The highest BCUT2D eigenvalue weighted by Gasteiger charge is 2.23. The highest BCUT2D eigenvalue weighted by molar-refractivity contribution is 5.82. The molecule has 0 bridgehead atoms. The third kappa shape index (κ3) is 3.82. The second-order valence-electron chi connectivity index (χ2n) is 5.35. The Kier molecular flexibility index (Phi) is 5.34. The van der Waals surface area contributed by atoms with Gasteiger partial charge in [0.1, 0.15) is 0 Å². The van der Waals surface area contributed by atoms with E-state index in [9.17, 15) is 9.90 Å². The first-order valence-corrected chi connectivity index (χ1v) is 7.56. The zero-order valence-electron chi connectivity index (χ0n) is 12.7. The first-order valence-electron chi connectivity index (χ1n) is 7.56. The van der Waals surface area contributed by atoms with Crippen molar-refractivity contribution in [2.24, 2.45) is 5.92 Å². The Labute approximate surface area is 126 Å². The molecule has 0 heterocycles. The maximum atomic E-state index is 11.3. The topological polar surface area (TPSA) is 40.5 Å². The maximum absolute atomic E-state index is 11.3. The Morgan fingerprint density at radius 1 is 1.24 bits per heavy atom. The number of carboxylic acids is 1. The van der Waals surface area contributed by atoms with Gasteiger partial charge in [-0.05, 0) is 36.2 Å². The van der Waals surface area contributed by atoms with Crippen LogP contribution >= 0.6 is 0 Å². The number of likely N-dealkylation sites (N-methyl/N-ethyl adjacent to an activating group) is 1. The number of carbonyl (C=O) groups is 1. The summed E-state index contributed by atoms with van der Waals surface area (Å²) in [6, 6.07) is 10.2. The Balaban J connectivity index is 2.34. The number of nitrogens with zero attached hydrogens (tertiary/aromatic N) is 1. The molecule has 21 heavy (non-hydrogen) atoms. The Bertz CT molecular complexity index is 542. The molecule has 3 heteroatoms. The smallest absolute Gasteiger partial charge is 0.310 e. The minimum absolute atomic E-state index is 0.400. The normalized spacial score (nSPS) is 18.3. The first-order chi connectivity index (χ1) is 10.2. The van der Waals surface area contributed by atoms with Crippen molar-refractivity contribution in [2.75, 3.05) is 19.6 Å². The lowest BCUT2D eigenvalue weighted by Crippen LogP contribution is -2.28. The van der Waals surface area contributed by atoms with Crippen LogP contribution in [0.2, 0.25) is 0 Å². The second kappa shape index (κ2) is 7.23. The van der Waals surface area contributed by atoms with Crippen LogP contribution in [0.5, 0.6) is 0 Å². The van der Waals surface area contributed by atoms with Crippen molar-refractivity contribution in [3.63, 3.8) is 0 Å². The summed E-state index contributed by atoms with van der Waals surface area (Å²) in [6.07, 6.45) is 4.40. The lowest BCUT2D eigenvalue weighted by molar-refractivity contribution is -0.140. The van der Waals surface area contributed by atoms with Crippen molar-refractivity contribution in [1.82, 2.24) is 4.90 Å². The molecule has 0 amide bonds. The van der Waals surface area contributed by atoms with E-state index < -0.39 is 11.9 Å². The summed E-state index contributed by atoms with van der Waals surface area (Å²) in [7, 11) is 0. The molecule has 1 unspecified atom stereocenters. The molecule has 0 radical (unpaired) electrons. The van der Waals surface area contributed by atoms with E-state index in [1.54, 1.807) is 0 Å². The van der Waals surface area contributed by atoms with Crippen LogP contribution in [0.15, 0.2) is 48.1 Å². The molecule has 1 aromatic rings. The van der Waals surface area contributed by atoms with Gasteiger partial charge < -0.3 is 5.11 Å². The molecule has 1 aliphatic carbocycles. The average molecular weight is 285 g/mol. The molecule has 0 fully saturated rings. The van der Waals surface area contributed by atoms with E-state index in [1.807, 2.05) is 30.4 Å². The molecule has 112 valence electrons. The third-order valence-corrected chi connectivity index (χ3v) is 4.05. The van der Waals surface area contributed by atoms with Gasteiger partial charge in [0, 0.05) is 6.54 Å². The van der Waals surface area contributed by atoms with Crippen LogP contribution in [0.4, 0.5) is 0 Å². The number of hydrogen-bond donors (Lipinski definition) is 1. The van der Waals surface area contributed by atoms with Crippen molar-refractivity contribution in [3.05, 3.63) is 53.6 Å². The summed E-state index contributed by atoms with van der Waals surface area (Å²) in [5.74, 6) is -1.14. The fourth-order valence-electron chi connectivity index (χ4n) is 2.73. The number of aliphatic carboxylic acids is 1. The summed E-state index contributed by atoms with van der Waals surface area (Å²) in [5.41, 5.74) is 3.57. The summed E-state index contributed by atoms with van der Waals surface area (Å²) < 4.78 is 0. The zero-order valence-corrected chi connectivity index (χ0v) is 12.7. The number of benzene rings is 1. The molecule has 0 saturated carbocycles. The standard InChI is InChI=1S/C18H23NO2/c1-3-19(4-2)13-16-12-15(18(20)21)10-11-17(16)14-8-6-5-7-9-14/h5-11,15H,3-4,12-13H2,1-2H3,(H,20,21). The lowest BCUT2D eigenvalue weighted by atomic mass is 9.86. The van der Waals surface area contributed by atoms with Gasteiger partial charge in [0.05, 0.1) is 5.92 Å². The van der Waals surface area contributed by atoms with Crippen LogP contribution in [0.25, 0.3) is 5.57 Å². The minimum Gasteiger partial charge on any atom is -0.481 e. The van der Waals surface area contributed by atoms with Crippen molar-refractivity contribution in [1.29, 1.82) is 0 Å². The van der Waals surface area contributed by atoms with Crippen LogP contribution in [-0.2, 0) is 4.79 Å². The van der Waals surface area contributed by atoms with E-state index in [-0.39, 0.29) is 0 Å². The fourth-order valence-corrected chi connectivity index (χ4v) is 2.73. The Hall–Kier alpha value is -1.87. The van der Waals surface area contributed by atoms with Gasteiger partial charge in [-0.3, -0.25) is 9.69 Å². The van der Waals surface area contributed by atoms with Crippen LogP contribution in [0.3, 0.4) is 0 Å². The SMILES string of the molecule is CCN(CC)CC1=C(c2ccccc2)C=CC(C(=O)O)C1. The van der Waals surface area contributed by atoms with Crippen molar-refractivity contribution >= 4 is 11.5 Å². The molecular weight excluding hydrogens is 262 g/mol. The molecule has 1 N–H and O–H groups in total. The minimum atomic E-state index is -0.740. The van der Waals surface area contributed by atoms with Gasteiger partial charge in [0.25, 0.3) is 0 Å². The van der Waals surface area contributed by atoms with E-state index >= 15 is 0 Å². The average Bonchev–Trinajstić information content (AvgIpc) is 2.53. The zero-order chi connectivity index (χ0) is 15.2. The summed E-state index contributed by atoms with van der Waals surface area (Å²) in [4.78, 5) is 13.6. The van der Waals surface area contributed by atoms with Crippen LogP contribution < -0.4 is 0 Å². The molecule has 1 aromatic carbocycles. The molecular formula is C18H23NO2. The number of carboxylic acid groups (broad SMARTS) is 1. The predicted octanol–water partition coefficient (Wildman–Crippen LogP) is 3.44. The second-order valence-corrected chi connectivity index (χ2v) is 5.35. The Morgan fingerprint density at radius 3 is 2.48 bits per heavy atom. The summed E-state index contributed by atoms with van der Waals surface area (Å²) >= 11 is 0. The molecule has 1 atom stereocenters. The first kappa shape index (κ1) is 15.5. The van der Waals surface area contributed by atoms with Gasteiger partial charge in [0.15, 0.2) is 0 Å². The van der Waals surface area contributed by atoms with Gasteiger partial charge >= 0.3 is 5.97 Å². The summed E-state index contributed by atoms with van der Waals surface area (Å²) in [6.45, 7) is 7.07. The number of rotatable bonds is 6. The monoisotopic (exact) mass is 285 g/mol. The number of allylic oxidation sites excluding steroid dienone is 2. The highest BCUT2D eigenvalue weighted by atomic mass is 16.4. The molecule has 0 aromatic heterocycles. The van der Waals surface area contributed by atoms with E-state index in [4.69, 9.17) is 0 Å². The highest BCUT2D eigenvalue weighted by Crippen LogP contribution is 2.31. The lowest BCUT2D eigenvalue weighted by Gasteiger charge is -2.26. The summed E-state index contributed by atoms with van der Waals surface area (Å²) in [5, 5.41) is 9.27. The van der Waals surface area contributed by atoms with Crippen molar-refractivity contribution < 1.29 is 9.90 Å². The maximum Gasteiger partial charge on any atom is 0.310 e. The molecule has 2 rings (SSSR count). The Morgan fingerprint density at radius 2 is 1.90 bits per heavy atom. The van der Waals surface area contributed by atoms with E-state index in [0.717, 1.165) is 19.6 Å². The van der Waals surface area contributed by atoms with Gasteiger partial charge in [-0.2, -0.15) is 0 Å². The molecule has 0 saturated heterocycles. The van der Waals surface area contributed by atoms with Crippen molar-refractivity contribution in [3.8, 4) is 0 Å². The van der Waals surface area contributed by atoms with Crippen LogP contribution in [0.1, 0.15) is 25.8 Å². The quantitative estimate of drug-likeness (QED) is 0.870. The molecule has 3 nitrogen and oxygen atoms in total. The van der Waals surface area contributed by atoms with Gasteiger partial charge in [0.2, 0.25) is 0 Å². The van der Waals surface area contributed by atoms with E-state index in [1.165, 1.54) is 16.7 Å². The van der Waals surface area contributed by atoms with Gasteiger partial charge in [-0.1, -0.05) is 56.3 Å². The van der Waals surface area contributed by atoms with Gasteiger partial charge in [-0.25, -0.2) is 0 Å². The predicted molar refractivity (Wildman–Crippen MR) is 86.0 cm³/mol. The largest absolute Gasteiger partial charge is 0.481 e. The fraction of sp³-hybridized carbons (Fsp3) is 0.389. The van der Waals surface area contributed by atoms with Crippen LogP contribution in [0, 0.1) is 5.92 Å². The molecule has 1 aliphatic rings. The van der Waals surface area contributed by atoms with E-state index in [0.29, 0.717) is 6.42 Å². The van der Waals surface area contributed by atoms with E-state index in [2.05, 4.69) is 30.9 Å². The third-order valence-electron chi connectivity index (χ3n) is 4.05. The number of hydrogen-bond acceptors (Lipinski definition) is 2. The van der Waals surface area contributed by atoms with Gasteiger partial charge in [-0.15, -0.1) is 0 Å². The van der Waals surface area contributed by atoms with Crippen LogP contribution in [-0.4, -0.2) is 35.6 Å².